The van der Waals surface area contributed by atoms with Crippen LogP contribution in [0, 0.1) is 33.8 Å². The fraction of sp³-hybridized carbons (Fsp3) is 0.100. The van der Waals surface area contributed by atoms with E-state index in [1.165, 1.54) is 12.1 Å². The van der Waals surface area contributed by atoms with Gasteiger partial charge in [0, 0.05) is 24.1 Å². The zero-order chi connectivity index (χ0) is 17.2. The molecule has 24 heavy (non-hydrogen) atoms. The van der Waals surface area contributed by atoms with Gasteiger partial charge in [0.25, 0.3) is 5.69 Å². The van der Waals surface area contributed by atoms with Crippen molar-refractivity contribution in [2.45, 2.75) is 6.42 Å². The van der Waals surface area contributed by atoms with E-state index in [4.69, 9.17) is 5.11 Å². The zero-order valence-corrected chi connectivity index (χ0v) is 12.9. The van der Waals surface area contributed by atoms with E-state index in [0.717, 1.165) is 16.7 Å². The van der Waals surface area contributed by atoms with Crippen molar-refractivity contribution in [1.29, 1.82) is 0 Å². The van der Waals surface area contributed by atoms with E-state index in [9.17, 15) is 10.1 Å². The Morgan fingerprint density at radius 1 is 0.958 bits per heavy atom. The maximum Gasteiger partial charge on any atom is 0.269 e. The molecule has 2 aromatic carbocycles. The minimum Gasteiger partial charge on any atom is -0.395 e. The smallest absolute Gasteiger partial charge is 0.269 e. The van der Waals surface area contributed by atoms with Crippen molar-refractivity contribution in [2.24, 2.45) is 0 Å². The second-order valence-electron chi connectivity index (χ2n) is 4.83. The van der Waals surface area contributed by atoms with Gasteiger partial charge in [-0.25, -0.2) is 0 Å². The first-order valence-corrected chi connectivity index (χ1v) is 7.31. The molecule has 1 N–H and O–H groups in total. The maximum absolute atomic E-state index is 10.6. The van der Waals surface area contributed by atoms with Crippen molar-refractivity contribution in [3.05, 3.63) is 75.3 Å². The van der Waals surface area contributed by atoms with Crippen LogP contribution in [0.1, 0.15) is 23.1 Å². The van der Waals surface area contributed by atoms with E-state index < -0.39 is 4.92 Å². The van der Waals surface area contributed by atoms with Gasteiger partial charge in [-0.1, -0.05) is 36.1 Å². The van der Waals surface area contributed by atoms with Gasteiger partial charge in [0.05, 0.1) is 11.5 Å². The molecule has 0 amide bonds. The second kappa shape index (κ2) is 8.95. The molecule has 0 radical (unpaired) electrons. The Bertz CT molecular complexity index is 842. The molecular formula is C20H15NO3. The summed E-state index contributed by atoms with van der Waals surface area (Å²) in [6.45, 7) is 0.0461. The molecule has 118 valence electrons. The number of non-ortho nitro benzene ring substituents is 1. The third kappa shape index (κ3) is 5.46. The number of nitro benzene ring substituents is 1. The van der Waals surface area contributed by atoms with Crippen molar-refractivity contribution in [3.63, 3.8) is 0 Å². The Labute approximate surface area is 140 Å². The Kier molecular flexibility index (Phi) is 6.35. The van der Waals surface area contributed by atoms with E-state index in [1.54, 1.807) is 12.1 Å². The van der Waals surface area contributed by atoms with E-state index in [2.05, 4.69) is 23.7 Å². The average molecular weight is 317 g/mol. The molecule has 0 aliphatic carbocycles. The number of rotatable bonds is 4. The summed E-state index contributed by atoms with van der Waals surface area (Å²) in [7, 11) is 0. The molecule has 2 rings (SSSR count). The van der Waals surface area contributed by atoms with Gasteiger partial charge in [0.2, 0.25) is 0 Å². The summed E-state index contributed by atoms with van der Waals surface area (Å²) < 4.78 is 0. The molecule has 0 spiro atoms. The Balaban J connectivity index is 2.01. The average Bonchev–Trinajstić information content (AvgIpc) is 2.61. The van der Waals surface area contributed by atoms with Crippen LogP contribution >= 0.6 is 0 Å². The highest BCUT2D eigenvalue weighted by atomic mass is 16.6. The van der Waals surface area contributed by atoms with Gasteiger partial charge in [-0.15, -0.1) is 0 Å². The molecule has 0 saturated carbocycles. The van der Waals surface area contributed by atoms with E-state index >= 15 is 0 Å². The molecule has 0 unspecified atom stereocenters. The number of benzene rings is 2. The standard InChI is InChI=1S/C20H15NO3/c22-16-4-2-1-3-5-17-6-8-18(9-7-17)10-11-19-12-14-20(15-13-19)21(23)24/h6-15,22H,4,16H2/b11-10+. The highest BCUT2D eigenvalue weighted by Crippen LogP contribution is 2.14. The number of hydrogen-bond acceptors (Lipinski definition) is 3. The molecule has 4 nitrogen and oxygen atoms in total. The van der Waals surface area contributed by atoms with Crippen LogP contribution in [0.15, 0.2) is 48.5 Å². The van der Waals surface area contributed by atoms with Gasteiger partial charge in [-0.2, -0.15) is 0 Å². The van der Waals surface area contributed by atoms with Crippen molar-refractivity contribution < 1.29 is 10.0 Å². The zero-order valence-electron chi connectivity index (χ0n) is 12.9. The molecule has 0 aliphatic rings. The van der Waals surface area contributed by atoms with Crippen LogP contribution in [-0.4, -0.2) is 16.6 Å². The van der Waals surface area contributed by atoms with Crippen LogP contribution in [0.25, 0.3) is 12.2 Å². The topological polar surface area (TPSA) is 63.4 Å². The molecule has 0 bridgehead atoms. The SMILES string of the molecule is O=[N+]([O-])c1ccc(/C=C/c2ccc(C#CC#CCCO)cc2)cc1. The normalized spacial score (nSPS) is 9.71. The molecule has 2 aromatic rings. The van der Waals surface area contributed by atoms with Crippen LogP contribution < -0.4 is 0 Å². The van der Waals surface area contributed by atoms with Crippen LogP contribution in [0.4, 0.5) is 5.69 Å². The second-order valence-corrected chi connectivity index (χ2v) is 4.83. The molecule has 0 atom stereocenters. The Hall–Kier alpha value is -3.34. The molecule has 0 heterocycles. The third-order valence-electron chi connectivity index (χ3n) is 3.08. The molecule has 0 saturated heterocycles. The van der Waals surface area contributed by atoms with Gasteiger partial charge in [0.15, 0.2) is 0 Å². The summed E-state index contributed by atoms with van der Waals surface area (Å²) in [5.41, 5.74) is 2.84. The lowest BCUT2D eigenvalue weighted by Gasteiger charge is -1.96. The third-order valence-corrected chi connectivity index (χ3v) is 3.08. The minimum absolute atomic E-state index is 0.0461. The molecule has 4 heteroatoms. The van der Waals surface area contributed by atoms with Crippen molar-refractivity contribution in [3.8, 4) is 23.7 Å². The number of aliphatic hydroxyl groups is 1. The van der Waals surface area contributed by atoms with Gasteiger partial charge in [0.1, 0.15) is 0 Å². The van der Waals surface area contributed by atoms with Crippen LogP contribution in [0.5, 0.6) is 0 Å². The van der Waals surface area contributed by atoms with Crippen LogP contribution in [-0.2, 0) is 0 Å². The summed E-state index contributed by atoms with van der Waals surface area (Å²) in [4.78, 5) is 10.2. The Morgan fingerprint density at radius 3 is 2.08 bits per heavy atom. The maximum atomic E-state index is 10.6. The number of nitro groups is 1. The highest BCUT2D eigenvalue weighted by molar-refractivity contribution is 5.70. The quantitative estimate of drug-likeness (QED) is 0.406. The molecule has 0 aliphatic heterocycles. The monoisotopic (exact) mass is 317 g/mol. The van der Waals surface area contributed by atoms with Crippen LogP contribution in [0.3, 0.4) is 0 Å². The van der Waals surface area contributed by atoms with Crippen molar-refractivity contribution in [2.75, 3.05) is 6.61 Å². The first kappa shape index (κ1) is 17.0. The fourth-order valence-corrected chi connectivity index (χ4v) is 1.84. The Morgan fingerprint density at radius 2 is 1.54 bits per heavy atom. The number of aliphatic hydroxyl groups excluding tert-OH is 1. The molecular weight excluding hydrogens is 302 g/mol. The predicted octanol–water partition coefficient (Wildman–Crippen LogP) is 3.50. The first-order valence-electron chi connectivity index (χ1n) is 7.31. The number of nitrogens with zero attached hydrogens (tertiary/aromatic N) is 1. The summed E-state index contributed by atoms with van der Waals surface area (Å²) in [6.07, 6.45) is 4.26. The van der Waals surface area contributed by atoms with E-state index in [0.29, 0.717) is 6.42 Å². The first-order chi connectivity index (χ1) is 11.7. The van der Waals surface area contributed by atoms with E-state index in [-0.39, 0.29) is 12.3 Å². The lowest BCUT2D eigenvalue weighted by Crippen LogP contribution is -1.86. The van der Waals surface area contributed by atoms with Crippen molar-refractivity contribution in [1.82, 2.24) is 0 Å². The highest BCUT2D eigenvalue weighted by Gasteiger charge is 2.02. The summed E-state index contributed by atoms with van der Waals surface area (Å²) in [6, 6.07) is 14.1. The lowest BCUT2D eigenvalue weighted by atomic mass is 10.1. The van der Waals surface area contributed by atoms with Crippen molar-refractivity contribution >= 4 is 17.8 Å². The van der Waals surface area contributed by atoms with Crippen LogP contribution in [0.2, 0.25) is 0 Å². The summed E-state index contributed by atoms with van der Waals surface area (Å²) >= 11 is 0. The largest absolute Gasteiger partial charge is 0.395 e. The van der Waals surface area contributed by atoms with E-state index in [1.807, 2.05) is 36.4 Å². The fourth-order valence-electron chi connectivity index (χ4n) is 1.84. The summed E-state index contributed by atoms with van der Waals surface area (Å²) in [5.74, 6) is 11.1. The molecule has 0 fully saturated rings. The van der Waals surface area contributed by atoms with Gasteiger partial charge < -0.3 is 5.11 Å². The predicted molar refractivity (Wildman–Crippen MR) is 94.8 cm³/mol. The van der Waals surface area contributed by atoms with Gasteiger partial charge in [-0.3, -0.25) is 10.1 Å². The minimum atomic E-state index is -0.415. The van der Waals surface area contributed by atoms with Gasteiger partial charge >= 0.3 is 0 Å². The number of hydrogen-bond donors (Lipinski definition) is 1. The van der Waals surface area contributed by atoms with Gasteiger partial charge in [-0.05, 0) is 47.2 Å². The lowest BCUT2D eigenvalue weighted by molar-refractivity contribution is -0.384. The molecule has 0 aromatic heterocycles. The summed E-state index contributed by atoms with van der Waals surface area (Å²) in [5, 5.41) is 19.2.